The molecule has 0 bridgehead atoms. The van der Waals surface area contributed by atoms with Gasteiger partial charge in [0.15, 0.2) is 0 Å². The number of rotatable bonds is 3. The number of benzene rings is 1. The van der Waals surface area contributed by atoms with E-state index < -0.39 is 0 Å². The van der Waals surface area contributed by atoms with Gasteiger partial charge in [0, 0.05) is 26.2 Å². The van der Waals surface area contributed by atoms with Crippen LogP contribution in [0.15, 0.2) is 18.2 Å². The topological polar surface area (TPSA) is 35.6 Å². The largest absolute Gasteiger partial charge is 0.355 e. The maximum atomic E-state index is 12.0. The van der Waals surface area contributed by atoms with E-state index in [1.165, 1.54) is 11.8 Å². The van der Waals surface area contributed by atoms with Gasteiger partial charge in [0.25, 0.3) is 0 Å². The molecule has 22 heavy (non-hydrogen) atoms. The third-order valence-corrected chi connectivity index (χ3v) is 5.66. The smallest absolute Gasteiger partial charge is 0.234 e. The Morgan fingerprint density at radius 3 is 2.68 bits per heavy atom. The summed E-state index contributed by atoms with van der Waals surface area (Å²) in [5.74, 6) is 0.110. The number of nitrogens with one attached hydrogen (secondary N) is 1. The molecule has 0 unspecified atom stereocenters. The maximum absolute atomic E-state index is 12.0. The Kier molecular flexibility index (Phi) is 6.77. The summed E-state index contributed by atoms with van der Waals surface area (Å²) in [4.78, 5) is 16.4. The molecule has 1 aliphatic heterocycles. The van der Waals surface area contributed by atoms with Gasteiger partial charge in [0.2, 0.25) is 5.91 Å². The van der Waals surface area contributed by atoms with Crippen LogP contribution >= 0.6 is 47.2 Å². The predicted octanol–water partition coefficient (Wildman–Crippen LogP) is 3.20. The van der Waals surface area contributed by atoms with Crippen molar-refractivity contribution >= 4 is 63.1 Å². The fourth-order valence-corrected chi connectivity index (χ4v) is 3.39. The van der Waals surface area contributed by atoms with E-state index in [1.807, 2.05) is 0 Å². The van der Waals surface area contributed by atoms with Gasteiger partial charge in [-0.3, -0.25) is 4.79 Å². The summed E-state index contributed by atoms with van der Waals surface area (Å²) in [5.41, 5.74) is 0.519. The van der Waals surface area contributed by atoms with E-state index in [9.17, 15) is 4.79 Å². The fraction of sp³-hybridized carbons (Fsp3) is 0.429. The number of amides is 1. The van der Waals surface area contributed by atoms with Crippen molar-refractivity contribution < 1.29 is 4.79 Å². The van der Waals surface area contributed by atoms with Crippen molar-refractivity contribution in [3.8, 4) is 0 Å². The van der Waals surface area contributed by atoms with Crippen molar-refractivity contribution in [3.63, 3.8) is 0 Å². The Morgan fingerprint density at radius 2 is 2.00 bits per heavy atom. The van der Waals surface area contributed by atoms with Crippen LogP contribution in [0.25, 0.3) is 0 Å². The number of carbonyl (C=O) groups excluding carboxylic acids is 1. The predicted molar refractivity (Wildman–Crippen MR) is 99.2 cm³/mol. The van der Waals surface area contributed by atoms with Crippen molar-refractivity contribution in [2.45, 2.75) is 0 Å². The summed E-state index contributed by atoms with van der Waals surface area (Å²) < 4.78 is 0.764. The second-order valence-corrected chi connectivity index (χ2v) is 7.39. The van der Waals surface area contributed by atoms with E-state index in [1.54, 1.807) is 18.2 Å². The summed E-state index contributed by atoms with van der Waals surface area (Å²) in [6, 6.07) is 5.14. The molecule has 2 rings (SSSR count). The monoisotopic (exact) mass is 377 g/mol. The maximum Gasteiger partial charge on any atom is 0.234 e. The molecule has 1 aliphatic rings. The number of likely N-dealkylation sites (N-methyl/N-ethyl adjacent to an activating group) is 1. The number of thioether (sulfide) groups is 1. The Morgan fingerprint density at radius 1 is 1.32 bits per heavy atom. The molecule has 0 spiro atoms. The van der Waals surface area contributed by atoms with Crippen molar-refractivity contribution in [2.75, 3.05) is 44.3 Å². The number of hydrogen-bond donors (Lipinski definition) is 1. The van der Waals surface area contributed by atoms with Crippen molar-refractivity contribution in [1.82, 2.24) is 9.80 Å². The highest BCUT2D eigenvalue weighted by Gasteiger charge is 2.17. The normalized spacial score (nSPS) is 15.7. The van der Waals surface area contributed by atoms with Gasteiger partial charge in [-0.05, 0) is 19.2 Å². The van der Waals surface area contributed by atoms with E-state index in [4.69, 9.17) is 35.4 Å². The lowest BCUT2D eigenvalue weighted by Gasteiger charge is -2.33. The molecule has 1 saturated heterocycles. The lowest BCUT2D eigenvalue weighted by atomic mass is 10.3. The average molecular weight is 378 g/mol. The van der Waals surface area contributed by atoms with Crippen LogP contribution in [0.3, 0.4) is 0 Å². The Hall–Kier alpha value is -0.530. The number of halogens is 2. The minimum absolute atomic E-state index is 0.148. The zero-order valence-corrected chi connectivity index (χ0v) is 15.3. The third-order valence-electron chi connectivity index (χ3n) is 3.31. The van der Waals surface area contributed by atoms with Gasteiger partial charge in [0.05, 0.1) is 21.5 Å². The molecular weight excluding hydrogens is 361 g/mol. The van der Waals surface area contributed by atoms with Crippen LogP contribution in [-0.4, -0.2) is 59.0 Å². The lowest BCUT2D eigenvalue weighted by molar-refractivity contribution is -0.113. The molecule has 0 atom stereocenters. The first-order valence-electron chi connectivity index (χ1n) is 6.81. The van der Waals surface area contributed by atoms with Gasteiger partial charge in [-0.25, -0.2) is 0 Å². The minimum atomic E-state index is -0.148. The SMILES string of the molecule is CN1CCN(C(=S)SCC(=O)Nc2cccc(Cl)c2Cl)CC1. The van der Waals surface area contributed by atoms with Gasteiger partial charge in [0.1, 0.15) is 4.32 Å². The molecule has 1 aromatic carbocycles. The van der Waals surface area contributed by atoms with E-state index in [2.05, 4.69) is 22.2 Å². The molecule has 0 aromatic heterocycles. The van der Waals surface area contributed by atoms with Crippen molar-refractivity contribution in [3.05, 3.63) is 28.2 Å². The average Bonchev–Trinajstić information content (AvgIpc) is 2.50. The molecule has 1 amide bonds. The molecule has 0 radical (unpaired) electrons. The minimum Gasteiger partial charge on any atom is -0.355 e. The second kappa shape index (κ2) is 8.36. The number of hydrogen-bond acceptors (Lipinski definition) is 4. The Labute approximate surface area is 150 Å². The first-order chi connectivity index (χ1) is 10.5. The standard InChI is InChI=1S/C14H17Cl2N3OS2/c1-18-5-7-19(8-6-18)14(21)22-9-12(20)17-11-4-2-3-10(15)13(11)16/h2-4H,5-9H2,1H3,(H,17,20). The van der Waals surface area contributed by atoms with Gasteiger partial charge in [-0.2, -0.15) is 0 Å². The van der Waals surface area contributed by atoms with Crippen molar-refractivity contribution in [1.29, 1.82) is 0 Å². The highest BCUT2D eigenvalue weighted by molar-refractivity contribution is 8.23. The zero-order chi connectivity index (χ0) is 16.1. The summed E-state index contributed by atoms with van der Waals surface area (Å²) >= 11 is 18.7. The Bertz CT molecular complexity index is 563. The molecule has 8 heteroatoms. The molecule has 4 nitrogen and oxygen atoms in total. The zero-order valence-electron chi connectivity index (χ0n) is 12.1. The summed E-state index contributed by atoms with van der Waals surface area (Å²) in [6.45, 7) is 3.80. The van der Waals surface area contributed by atoms with Crippen LogP contribution in [-0.2, 0) is 4.79 Å². The van der Waals surface area contributed by atoms with Crippen LogP contribution in [0.1, 0.15) is 0 Å². The van der Waals surface area contributed by atoms with Crippen LogP contribution in [0.2, 0.25) is 10.0 Å². The quantitative estimate of drug-likeness (QED) is 0.818. The van der Waals surface area contributed by atoms with Crippen LogP contribution < -0.4 is 5.32 Å². The highest BCUT2D eigenvalue weighted by atomic mass is 35.5. The molecule has 120 valence electrons. The molecule has 1 N–H and O–H groups in total. The third kappa shape index (κ3) is 4.99. The Balaban J connectivity index is 1.80. The van der Waals surface area contributed by atoms with Gasteiger partial charge in [-0.1, -0.05) is 53.2 Å². The number of carbonyl (C=O) groups is 1. The van der Waals surface area contributed by atoms with Gasteiger partial charge < -0.3 is 15.1 Å². The first-order valence-corrected chi connectivity index (χ1v) is 8.96. The van der Waals surface area contributed by atoms with E-state index in [0.717, 1.165) is 30.5 Å². The number of thiocarbonyl (C=S) groups is 1. The molecular formula is C14H17Cl2N3OS2. The summed E-state index contributed by atoms with van der Waals surface area (Å²) in [5, 5.41) is 3.52. The van der Waals surface area contributed by atoms with Crippen LogP contribution in [0, 0.1) is 0 Å². The highest BCUT2D eigenvalue weighted by Crippen LogP contribution is 2.29. The number of anilines is 1. The van der Waals surface area contributed by atoms with E-state index >= 15 is 0 Å². The molecule has 0 aliphatic carbocycles. The van der Waals surface area contributed by atoms with E-state index in [-0.39, 0.29) is 11.7 Å². The van der Waals surface area contributed by atoms with Crippen LogP contribution in [0.4, 0.5) is 5.69 Å². The molecule has 1 heterocycles. The summed E-state index contributed by atoms with van der Waals surface area (Å²) in [6.07, 6.45) is 0. The molecule has 1 aromatic rings. The van der Waals surface area contributed by atoms with Crippen LogP contribution in [0.5, 0.6) is 0 Å². The number of piperazine rings is 1. The van der Waals surface area contributed by atoms with Gasteiger partial charge >= 0.3 is 0 Å². The van der Waals surface area contributed by atoms with Gasteiger partial charge in [-0.15, -0.1) is 0 Å². The summed E-state index contributed by atoms with van der Waals surface area (Å²) in [7, 11) is 2.09. The fourth-order valence-electron chi connectivity index (χ4n) is 1.99. The number of nitrogens with zero attached hydrogens (tertiary/aromatic N) is 2. The molecule has 0 saturated carbocycles. The first kappa shape index (κ1) is 17.8. The second-order valence-electron chi connectivity index (χ2n) is 4.99. The lowest BCUT2D eigenvalue weighted by Crippen LogP contribution is -2.46. The van der Waals surface area contributed by atoms with E-state index in [0.29, 0.717) is 15.7 Å². The van der Waals surface area contributed by atoms with Crippen molar-refractivity contribution in [2.24, 2.45) is 0 Å². The molecule has 1 fully saturated rings.